The molecule has 114 valence electrons. The fraction of sp³-hybridized carbons (Fsp3) is 0.400. The number of hydrogen-bond acceptors (Lipinski definition) is 3. The number of nitrogens with zero attached hydrogens (tertiary/aromatic N) is 1. The Bertz CT molecular complexity index is 517. The summed E-state index contributed by atoms with van der Waals surface area (Å²) >= 11 is 5.04. The smallest absolute Gasteiger partial charge is 0.237 e. The third-order valence-corrected chi connectivity index (χ3v) is 3.14. The minimum atomic E-state index is -0.737. The maximum Gasteiger partial charge on any atom is 0.237 e. The minimum Gasteiger partial charge on any atom is -0.392 e. The maximum atomic E-state index is 12.7. The highest BCUT2D eigenvalue weighted by atomic mass is 32.1. The van der Waals surface area contributed by atoms with E-state index in [-0.39, 0.29) is 23.4 Å². The van der Waals surface area contributed by atoms with Crippen LogP contribution in [0.2, 0.25) is 0 Å². The Morgan fingerprint density at radius 1 is 1.19 bits per heavy atom. The highest BCUT2D eigenvalue weighted by Crippen LogP contribution is 2.19. The summed E-state index contributed by atoms with van der Waals surface area (Å²) in [6, 6.07) is 9.06. The Hall–Kier alpha value is -1.95. The van der Waals surface area contributed by atoms with E-state index in [0.29, 0.717) is 12.1 Å². The van der Waals surface area contributed by atoms with Gasteiger partial charge in [0.1, 0.15) is 5.92 Å². The van der Waals surface area contributed by atoms with E-state index >= 15 is 0 Å². The summed E-state index contributed by atoms with van der Waals surface area (Å²) in [5.74, 6) is -1.38. The van der Waals surface area contributed by atoms with Gasteiger partial charge in [-0.15, -0.1) is 0 Å². The van der Waals surface area contributed by atoms with Crippen molar-refractivity contribution in [2.45, 2.75) is 19.8 Å². The normalized spacial score (nSPS) is 12.0. The number of benzene rings is 1. The molecule has 0 spiro atoms. The quantitative estimate of drug-likeness (QED) is 0.736. The van der Waals surface area contributed by atoms with E-state index in [4.69, 9.17) is 23.7 Å². The van der Waals surface area contributed by atoms with Gasteiger partial charge in [-0.1, -0.05) is 56.4 Å². The molecule has 4 N–H and O–H groups in total. The topological polar surface area (TPSA) is 89.4 Å². The maximum absolute atomic E-state index is 12.7. The van der Waals surface area contributed by atoms with Crippen molar-refractivity contribution in [3.63, 3.8) is 0 Å². The molecular formula is C15H21N3O2S. The highest BCUT2D eigenvalue weighted by molar-refractivity contribution is 7.80. The minimum absolute atomic E-state index is 0.0874. The van der Waals surface area contributed by atoms with Crippen molar-refractivity contribution < 1.29 is 9.59 Å². The molecule has 1 aromatic rings. The zero-order valence-corrected chi connectivity index (χ0v) is 13.1. The lowest BCUT2D eigenvalue weighted by Gasteiger charge is -2.27. The van der Waals surface area contributed by atoms with Crippen molar-refractivity contribution in [2.75, 3.05) is 13.1 Å². The molecule has 1 aromatic carbocycles. The van der Waals surface area contributed by atoms with Crippen LogP contribution in [0.25, 0.3) is 0 Å². The van der Waals surface area contributed by atoms with Gasteiger partial charge < -0.3 is 16.4 Å². The zero-order valence-electron chi connectivity index (χ0n) is 12.3. The van der Waals surface area contributed by atoms with Gasteiger partial charge in [0.2, 0.25) is 11.8 Å². The van der Waals surface area contributed by atoms with Crippen LogP contribution in [0.1, 0.15) is 25.3 Å². The predicted octanol–water partition coefficient (Wildman–Crippen LogP) is 1.03. The molecule has 0 radical (unpaired) electrons. The monoisotopic (exact) mass is 307 g/mol. The third-order valence-electron chi connectivity index (χ3n) is 2.91. The summed E-state index contributed by atoms with van der Waals surface area (Å²) < 4.78 is 0. The first-order valence-corrected chi connectivity index (χ1v) is 7.15. The summed E-state index contributed by atoms with van der Waals surface area (Å²) in [6.07, 6.45) is 0. The molecule has 1 atom stereocenters. The summed E-state index contributed by atoms with van der Waals surface area (Å²) in [5, 5.41) is 0. The van der Waals surface area contributed by atoms with E-state index in [9.17, 15) is 9.59 Å². The SMILES string of the molecule is CC(C)CN(CC(N)=O)C(=O)C(C(N)=S)c1ccccc1. The van der Waals surface area contributed by atoms with Crippen molar-refractivity contribution in [1.82, 2.24) is 4.90 Å². The van der Waals surface area contributed by atoms with Crippen LogP contribution in [0, 0.1) is 5.92 Å². The summed E-state index contributed by atoms with van der Waals surface area (Å²) in [4.78, 5) is 25.4. The van der Waals surface area contributed by atoms with Gasteiger partial charge in [-0.05, 0) is 11.5 Å². The van der Waals surface area contributed by atoms with Crippen LogP contribution < -0.4 is 11.5 Å². The number of rotatable bonds is 7. The Morgan fingerprint density at radius 3 is 2.19 bits per heavy atom. The van der Waals surface area contributed by atoms with Gasteiger partial charge in [0, 0.05) is 6.54 Å². The lowest BCUT2D eigenvalue weighted by molar-refractivity contribution is -0.135. The standard InChI is InChI=1S/C15H21N3O2S/c1-10(2)8-18(9-12(16)19)15(20)13(14(17)21)11-6-4-3-5-7-11/h3-7,10,13H,8-9H2,1-2H3,(H2,16,19)(H2,17,21). The molecule has 0 fully saturated rings. The van der Waals surface area contributed by atoms with E-state index < -0.39 is 11.8 Å². The van der Waals surface area contributed by atoms with Gasteiger partial charge in [0.05, 0.1) is 11.5 Å². The second-order valence-electron chi connectivity index (χ2n) is 5.32. The molecule has 21 heavy (non-hydrogen) atoms. The van der Waals surface area contributed by atoms with Crippen molar-refractivity contribution in [3.05, 3.63) is 35.9 Å². The number of amides is 2. The van der Waals surface area contributed by atoms with Crippen molar-refractivity contribution >= 4 is 29.0 Å². The van der Waals surface area contributed by atoms with Crippen LogP contribution in [0.4, 0.5) is 0 Å². The highest BCUT2D eigenvalue weighted by Gasteiger charge is 2.29. The molecule has 0 bridgehead atoms. The second-order valence-corrected chi connectivity index (χ2v) is 5.80. The van der Waals surface area contributed by atoms with Crippen molar-refractivity contribution in [3.8, 4) is 0 Å². The van der Waals surface area contributed by atoms with E-state index in [2.05, 4.69) is 0 Å². The summed E-state index contributed by atoms with van der Waals surface area (Å²) in [7, 11) is 0. The Kier molecular flexibility index (Phi) is 6.30. The number of nitrogens with two attached hydrogens (primary N) is 2. The van der Waals surface area contributed by atoms with E-state index in [1.165, 1.54) is 4.90 Å². The Balaban J connectivity index is 3.07. The van der Waals surface area contributed by atoms with Gasteiger partial charge in [-0.2, -0.15) is 0 Å². The molecule has 0 saturated carbocycles. The number of carbonyl (C=O) groups is 2. The van der Waals surface area contributed by atoms with Crippen LogP contribution in [0.15, 0.2) is 30.3 Å². The molecule has 0 aliphatic heterocycles. The molecule has 0 saturated heterocycles. The van der Waals surface area contributed by atoms with Crippen LogP contribution in [0.5, 0.6) is 0 Å². The number of carbonyl (C=O) groups excluding carboxylic acids is 2. The lowest BCUT2D eigenvalue weighted by atomic mass is 9.97. The van der Waals surface area contributed by atoms with Crippen LogP contribution in [0.3, 0.4) is 0 Å². The largest absolute Gasteiger partial charge is 0.392 e. The first-order chi connectivity index (χ1) is 9.82. The molecule has 5 nitrogen and oxygen atoms in total. The number of thiocarbonyl (C=S) groups is 1. The Labute approximate surface area is 130 Å². The molecule has 1 unspecified atom stereocenters. The molecule has 0 aliphatic carbocycles. The molecule has 2 amide bonds. The fourth-order valence-electron chi connectivity index (χ4n) is 2.12. The van der Waals surface area contributed by atoms with Gasteiger partial charge in [0.25, 0.3) is 0 Å². The first-order valence-electron chi connectivity index (χ1n) is 6.74. The van der Waals surface area contributed by atoms with Gasteiger partial charge >= 0.3 is 0 Å². The van der Waals surface area contributed by atoms with Crippen LogP contribution >= 0.6 is 12.2 Å². The van der Waals surface area contributed by atoms with Crippen molar-refractivity contribution in [1.29, 1.82) is 0 Å². The summed E-state index contributed by atoms with van der Waals surface area (Å²) in [6.45, 7) is 4.20. The fourth-order valence-corrected chi connectivity index (χ4v) is 2.35. The molecular weight excluding hydrogens is 286 g/mol. The van der Waals surface area contributed by atoms with Gasteiger partial charge in [-0.3, -0.25) is 9.59 Å². The van der Waals surface area contributed by atoms with E-state index in [1.807, 2.05) is 32.0 Å². The lowest BCUT2D eigenvalue weighted by Crippen LogP contribution is -2.45. The van der Waals surface area contributed by atoms with Crippen LogP contribution in [-0.4, -0.2) is 34.8 Å². The van der Waals surface area contributed by atoms with E-state index in [1.54, 1.807) is 12.1 Å². The van der Waals surface area contributed by atoms with E-state index in [0.717, 1.165) is 0 Å². The average molecular weight is 307 g/mol. The average Bonchev–Trinajstić information content (AvgIpc) is 2.37. The number of hydrogen-bond donors (Lipinski definition) is 2. The van der Waals surface area contributed by atoms with Gasteiger partial charge in [0.15, 0.2) is 0 Å². The Morgan fingerprint density at radius 2 is 1.76 bits per heavy atom. The predicted molar refractivity (Wildman–Crippen MR) is 86.6 cm³/mol. The molecule has 1 rings (SSSR count). The summed E-state index contributed by atoms with van der Waals surface area (Å²) in [5.41, 5.74) is 11.7. The zero-order chi connectivity index (χ0) is 16.0. The number of primary amides is 1. The van der Waals surface area contributed by atoms with Crippen LogP contribution in [-0.2, 0) is 9.59 Å². The first kappa shape index (κ1) is 17.1. The molecule has 0 aromatic heterocycles. The molecule has 0 heterocycles. The second kappa shape index (κ2) is 7.73. The third kappa shape index (κ3) is 5.15. The van der Waals surface area contributed by atoms with Crippen molar-refractivity contribution in [2.24, 2.45) is 17.4 Å². The van der Waals surface area contributed by atoms with Gasteiger partial charge in [-0.25, -0.2) is 0 Å². The molecule has 0 aliphatic rings. The molecule has 6 heteroatoms.